The van der Waals surface area contributed by atoms with Gasteiger partial charge in [-0.3, -0.25) is 9.59 Å². The lowest BCUT2D eigenvalue weighted by Gasteiger charge is -2.27. The molecule has 0 fully saturated rings. The molecule has 1 aliphatic heterocycles. The molecular weight excluding hydrogens is 402 g/mol. The average molecular weight is 424 g/mol. The van der Waals surface area contributed by atoms with Gasteiger partial charge in [0.05, 0.1) is 11.3 Å². The van der Waals surface area contributed by atoms with Crippen LogP contribution in [0.15, 0.2) is 64.0 Å². The second kappa shape index (κ2) is 8.39. The lowest BCUT2D eigenvalue weighted by Crippen LogP contribution is -2.37. The molecule has 2 aromatic heterocycles. The van der Waals surface area contributed by atoms with E-state index in [2.05, 4.69) is 16.4 Å². The summed E-state index contributed by atoms with van der Waals surface area (Å²) in [6.07, 6.45) is 2.50. The monoisotopic (exact) mass is 423 g/mol. The van der Waals surface area contributed by atoms with Crippen molar-refractivity contribution in [3.63, 3.8) is 0 Å². The average Bonchev–Trinajstić information content (AvgIpc) is 3.18. The molecule has 3 aromatic rings. The Labute approximate surface area is 178 Å². The van der Waals surface area contributed by atoms with Gasteiger partial charge in [0.25, 0.3) is 11.8 Å². The summed E-state index contributed by atoms with van der Waals surface area (Å²) in [7, 11) is 0. The van der Waals surface area contributed by atoms with E-state index < -0.39 is 0 Å². The van der Waals surface area contributed by atoms with Gasteiger partial charge in [-0.15, -0.1) is 11.3 Å². The van der Waals surface area contributed by atoms with Crippen LogP contribution in [0.2, 0.25) is 0 Å². The molecule has 0 aliphatic carbocycles. The molecule has 3 heterocycles. The zero-order chi connectivity index (χ0) is 20.4. The highest BCUT2D eigenvalue weighted by Gasteiger charge is 2.30. The summed E-state index contributed by atoms with van der Waals surface area (Å²) in [6, 6.07) is 13.1. The predicted octanol–water partition coefficient (Wildman–Crippen LogP) is 4.64. The quantitative estimate of drug-likeness (QED) is 0.650. The van der Waals surface area contributed by atoms with E-state index in [1.165, 1.54) is 16.6 Å². The van der Waals surface area contributed by atoms with Crippen LogP contribution in [0.5, 0.6) is 0 Å². The first kappa shape index (κ1) is 19.7. The van der Waals surface area contributed by atoms with Crippen LogP contribution in [0, 0.1) is 0 Å². The number of pyridine rings is 1. The van der Waals surface area contributed by atoms with E-state index in [1.807, 2.05) is 37.4 Å². The van der Waals surface area contributed by atoms with Gasteiger partial charge < -0.3 is 10.2 Å². The maximum atomic E-state index is 13.1. The SMILES string of the molecule is CC(C)N1C(=O)c2cccnc2Sc2cc(C(=O)NCCc3cccs3)ccc21. The van der Waals surface area contributed by atoms with Crippen LogP contribution in [0.4, 0.5) is 5.69 Å². The number of carbonyl (C=O) groups excluding carboxylic acids is 2. The predicted molar refractivity (Wildman–Crippen MR) is 117 cm³/mol. The summed E-state index contributed by atoms with van der Waals surface area (Å²) in [5, 5.41) is 5.68. The maximum Gasteiger partial charge on any atom is 0.261 e. The van der Waals surface area contributed by atoms with E-state index in [0.29, 0.717) is 22.7 Å². The van der Waals surface area contributed by atoms with Crippen molar-refractivity contribution in [2.75, 3.05) is 11.4 Å². The number of nitrogens with one attached hydrogen (secondary N) is 1. The van der Waals surface area contributed by atoms with Crippen LogP contribution in [-0.4, -0.2) is 29.4 Å². The minimum Gasteiger partial charge on any atom is -0.352 e. The molecule has 1 aliphatic rings. The second-order valence-corrected chi connectivity index (χ2v) is 9.06. The first-order valence-electron chi connectivity index (χ1n) is 9.45. The van der Waals surface area contributed by atoms with E-state index in [1.54, 1.807) is 40.6 Å². The fraction of sp³-hybridized carbons (Fsp3) is 0.227. The number of aromatic nitrogens is 1. The fourth-order valence-electron chi connectivity index (χ4n) is 3.28. The standard InChI is InChI=1S/C22H21N3O2S2/c1-14(2)25-18-8-7-15(20(26)23-11-9-16-5-4-12-28-16)13-19(18)29-21-17(22(25)27)6-3-10-24-21/h3-8,10,12-14H,9,11H2,1-2H3,(H,23,26). The summed E-state index contributed by atoms with van der Waals surface area (Å²) >= 11 is 3.12. The molecule has 0 atom stereocenters. The Balaban J connectivity index is 1.61. The lowest BCUT2D eigenvalue weighted by atomic mass is 10.1. The van der Waals surface area contributed by atoms with Gasteiger partial charge in [0, 0.05) is 34.1 Å². The maximum absolute atomic E-state index is 13.1. The van der Waals surface area contributed by atoms with E-state index in [4.69, 9.17) is 0 Å². The molecule has 148 valence electrons. The van der Waals surface area contributed by atoms with Crippen LogP contribution >= 0.6 is 23.1 Å². The third kappa shape index (κ3) is 4.06. The number of rotatable bonds is 5. The Morgan fingerprint density at radius 1 is 1.21 bits per heavy atom. The molecule has 2 amide bonds. The van der Waals surface area contributed by atoms with Crippen molar-refractivity contribution >= 4 is 40.6 Å². The molecule has 0 saturated carbocycles. The van der Waals surface area contributed by atoms with Crippen molar-refractivity contribution in [2.24, 2.45) is 0 Å². The van der Waals surface area contributed by atoms with Gasteiger partial charge in [-0.1, -0.05) is 17.8 Å². The third-order valence-corrected chi connectivity index (χ3v) is 6.66. The van der Waals surface area contributed by atoms with E-state index >= 15 is 0 Å². The van der Waals surface area contributed by atoms with Gasteiger partial charge >= 0.3 is 0 Å². The van der Waals surface area contributed by atoms with Crippen molar-refractivity contribution in [1.29, 1.82) is 0 Å². The molecule has 0 saturated heterocycles. The number of carbonyl (C=O) groups is 2. The van der Waals surface area contributed by atoms with Crippen molar-refractivity contribution in [3.05, 3.63) is 70.0 Å². The molecule has 0 unspecified atom stereocenters. The number of amides is 2. The Morgan fingerprint density at radius 2 is 2.07 bits per heavy atom. The molecule has 4 rings (SSSR count). The van der Waals surface area contributed by atoms with Gasteiger partial charge in [0.15, 0.2) is 0 Å². The summed E-state index contributed by atoms with van der Waals surface area (Å²) in [4.78, 5) is 34.0. The van der Waals surface area contributed by atoms with E-state index in [0.717, 1.165) is 17.0 Å². The van der Waals surface area contributed by atoms with Crippen molar-refractivity contribution in [2.45, 2.75) is 36.2 Å². The van der Waals surface area contributed by atoms with Crippen LogP contribution in [0.1, 0.15) is 39.4 Å². The number of hydrogen-bond donors (Lipinski definition) is 1. The normalized spacial score (nSPS) is 13.1. The highest BCUT2D eigenvalue weighted by Crippen LogP contribution is 2.41. The smallest absolute Gasteiger partial charge is 0.261 e. The molecule has 7 heteroatoms. The minimum absolute atomic E-state index is 0.0153. The summed E-state index contributed by atoms with van der Waals surface area (Å²) in [5.41, 5.74) is 1.98. The van der Waals surface area contributed by atoms with Gasteiger partial charge in [0.1, 0.15) is 5.03 Å². The zero-order valence-electron chi connectivity index (χ0n) is 16.2. The van der Waals surface area contributed by atoms with Gasteiger partial charge in [0.2, 0.25) is 0 Å². The Kier molecular flexibility index (Phi) is 5.69. The van der Waals surface area contributed by atoms with Gasteiger partial charge in [-0.2, -0.15) is 0 Å². The Hall–Kier alpha value is -2.64. The van der Waals surface area contributed by atoms with Crippen molar-refractivity contribution in [1.82, 2.24) is 10.3 Å². The van der Waals surface area contributed by atoms with Crippen LogP contribution in [0.25, 0.3) is 0 Å². The minimum atomic E-state index is -0.113. The first-order chi connectivity index (χ1) is 14.0. The van der Waals surface area contributed by atoms with E-state index in [-0.39, 0.29) is 17.9 Å². The summed E-state index contributed by atoms with van der Waals surface area (Å²) in [6.45, 7) is 4.56. The molecule has 29 heavy (non-hydrogen) atoms. The molecule has 0 radical (unpaired) electrons. The van der Waals surface area contributed by atoms with E-state index in [9.17, 15) is 9.59 Å². The summed E-state index contributed by atoms with van der Waals surface area (Å²) in [5.74, 6) is -0.180. The van der Waals surface area contributed by atoms with Crippen LogP contribution in [0.3, 0.4) is 0 Å². The van der Waals surface area contributed by atoms with Gasteiger partial charge in [-0.05, 0) is 62.0 Å². The number of fused-ring (bicyclic) bond motifs is 2. The van der Waals surface area contributed by atoms with Crippen LogP contribution in [-0.2, 0) is 6.42 Å². The third-order valence-electron chi connectivity index (χ3n) is 4.66. The number of anilines is 1. The lowest BCUT2D eigenvalue weighted by molar-refractivity contribution is 0.0952. The highest BCUT2D eigenvalue weighted by molar-refractivity contribution is 7.99. The highest BCUT2D eigenvalue weighted by atomic mass is 32.2. The summed E-state index contributed by atoms with van der Waals surface area (Å²) < 4.78 is 0. The zero-order valence-corrected chi connectivity index (χ0v) is 17.8. The topological polar surface area (TPSA) is 62.3 Å². The first-order valence-corrected chi connectivity index (χ1v) is 11.2. The number of nitrogens with zero attached hydrogens (tertiary/aromatic N) is 2. The van der Waals surface area contributed by atoms with Crippen molar-refractivity contribution < 1.29 is 9.59 Å². The number of hydrogen-bond acceptors (Lipinski definition) is 5. The molecule has 1 N–H and O–H groups in total. The molecular formula is C22H21N3O2S2. The fourth-order valence-corrected chi connectivity index (χ4v) is 5.04. The molecule has 0 bridgehead atoms. The van der Waals surface area contributed by atoms with Gasteiger partial charge in [-0.25, -0.2) is 4.98 Å². The number of thiophene rings is 1. The molecule has 5 nitrogen and oxygen atoms in total. The van der Waals surface area contributed by atoms with Crippen molar-refractivity contribution in [3.8, 4) is 0 Å². The van der Waals surface area contributed by atoms with Crippen LogP contribution < -0.4 is 10.2 Å². The largest absolute Gasteiger partial charge is 0.352 e. The Morgan fingerprint density at radius 3 is 2.83 bits per heavy atom. The number of benzene rings is 1. The Bertz CT molecular complexity index is 1050. The molecule has 1 aromatic carbocycles. The second-order valence-electron chi connectivity index (χ2n) is 6.99. The molecule has 0 spiro atoms.